The highest BCUT2D eigenvalue weighted by Gasteiger charge is 2.14. The smallest absolute Gasteiger partial charge is 0.0123 e. The molecule has 0 nitrogen and oxygen atoms in total. The summed E-state index contributed by atoms with van der Waals surface area (Å²) in [6, 6.07) is 4.53. The van der Waals surface area contributed by atoms with E-state index in [1.54, 1.807) is 4.88 Å². The molecule has 152 valence electrons. The number of alkyl halides is 1. The Balaban J connectivity index is 1.90. The van der Waals surface area contributed by atoms with Gasteiger partial charge in [-0.25, -0.2) is 0 Å². The summed E-state index contributed by atoms with van der Waals surface area (Å²) >= 11 is 5.69. The van der Waals surface area contributed by atoms with E-state index in [-0.39, 0.29) is 0 Å². The third-order valence-corrected chi connectivity index (χ3v) is 6.87. The van der Waals surface area contributed by atoms with Gasteiger partial charge in [0.1, 0.15) is 0 Å². The highest BCUT2D eigenvalue weighted by Crippen LogP contribution is 2.32. The van der Waals surface area contributed by atoms with Gasteiger partial charge in [-0.2, -0.15) is 0 Å². The summed E-state index contributed by atoms with van der Waals surface area (Å²) in [6.07, 6.45) is 22.9. The van der Waals surface area contributed by atoms with Gasteiger partial charge in [-0.15, -0.1) is 11.3 Å². The molecule has 0 radical (unpaired) electrons. The lowest BCUT2D eigenvalue weighted by Crippen LogP contribution is -2.03. The van der Waals surface area contributed by atoms with Crippen LogP contribution >= 0.6 is 27.3 Å². The van der Waals surface area contributed by atoms with Gasteiger partial charge in [-0.05, 0) is 30.2 Å². The first-order valence-electron chi connectivity index (χ1n) is 11.4. The molecule has 0 aliphatic rings. The van der Waals surface area contributed by atoms with Gasteiger partial charge in [-0.1, -0.05) is 126 Å². The SMILES string of the molecule is CCCCCCCCCCCCCCCCC(CC(C)Br)c1cccs1. The number of halogens is 1. The molecule has 1 rings (SSSR count). The van der Waals surface area contributed by atoms with Gasteiger partial charge < -0.3 is 0 Å². The molecule has 2 heteroatoms. The zero-order valence-corrected chi connectivity index (χ0v) is 19.9. The van der Waals surface area contributed by atoms with Crippen LogP contribution < -0.4 is 0 Å². The number of hydrogen-bond acceptors (Lipinski definition) is 1. The van der Waals surface area contributed by atoms with Crippen molar-refractivity contribution in [2.75, 3.05) is 0 Å². The second-order valence-electron chi connectivity index (χ2n) is 8.11. The Morgan fingerprint density at radius 2 is 1.31 bits per heavy atom. The fourth-order valence-corrected chi connectivity index (χ4v) is 5.21. The van der Waals surface area contributed by atoms with E-state index < -0.39 is 0 Å². The predicted molar refractivity (Wildman–Crippen MR) is 125 cm³/mol. The van der Waals surface area contributed by atoms with Gasteiger partial charge in [-0.3, -0.25) is 0 Å². The van der Waals surface area contributed by atoms with Gasteiger partial charge in [0, 0.05) is 9.70 Å². The van der Waals surface area contributed by atoms with E-state index >= 15 is 0 Å². The van der Waals surface area contributed by atoms with Gasteiger partial charge in [0.2, 0.25) is 0 Å². The summed E-state index contributed by atoms with van der Waals surface area (Å²) in [6.45, 7) is 4.58. The fraction of sp³-hybridized carbons (Fsp3) is 0.833. The van der Waals surface area contributed by atoms with E-state index in [9.17, 15) is 0 Å². The van der Waals surface area contributed by atoms with Crippen molar-refractivity contribution >= 4 is 27.3 Å². The molecule has 0 aromatic carbocycles. The second-order valence-corrected chi connectivity index (χ2v) is 10.7. The van der Waals surface area contributed by atoms with E-state index in [1.807, 2.05) is 11.3 Å². The summed E-state index contributed by atoms with van der Waals surface area (Å²) in [5.41, 5.74) is 0. The second kappa shape index (κ2) is 17.3. The highest BCUT2D eigenvalue weighted by atomic mass is 79.9. The Labute approximate surface area is 176 Å². The maximum atomic E-state index is 3.75. The van der Waals surface area contributed by atoms with Crippen LogP contribution in [0.4, 0.5) is 0 Å². The van der Waals surface area contributed by atoms with Crippen LogP contribution in [0.5, 0.6) is 0 Å². The standard InChI is InChI=1S/C24H43BrS/c1-3-4-5-6-7-8-9-10-11-12-13-14-15-16-18-23(21-22(2)25)24-19-17-20-26-24/h17,19-20,22-23H,3-16,18,21H2,1-2H3. The molecule has 0 bridgehead atoms. The van der Waals surface area contributed by atoms with Crippen molar-refractivity contribution in [2.45, 2.75) is 127 Å². The minimum Gasteiger partial charge on any atom is -0.149 e. The van der Waals surface area contributed by atoms with Crippen molar-refractivity contribution in [3.63, 3.8) is 0 Å². The Morgan fingerprint density at radius 1 is 0.808 bits per heavy atom. The molecule has 0 aliphatic carbocycles. The van der Waals surface area contributed by atoms with E-state index in [4.69, 9.17) is 0 Å². The third-order valence-electron chi connectivity index (χ3n) is 5.46. The van der Waals surface area contributed by atoms with Crippen molar-refractivity contribution in [2.24, 2.45) is 0 Å². The maximum Gasteiger partial charge on any atom is 0.0123 e. The molecular weight excluding hydrogens is 400 g/mol. The fourth-order valence-electron chi connectivity index (χ4n) is 3.88. The molecule has 2 unspecified atom stereocenters. The molecule has 1 aromatic heterocycles. The van der Waals surface area contributed by atoms with Crippen molar-refractivity contribution in [3.8, 4) is 0 Å². The summed E-state index contributed by atoms with van der Waals surface area (Å²) in [5.74, 6) is 0.765. The average molecular weight is 444 g/mol. The summed E-state index contributed by atoms with van der Waals surface area (Å²) in [5, 5.41) is 2.23. The van der Waals surface area contributed by atoms with Crippen LogP contribution in [0, 0.1) is 0 Å². The molecule has 2 atom stereocenters. The monoisotopic (exact) mass is 442 g/mol. The van der Waals surface area contributed by atoms with Crippen LogP contribution in [0.1, 0.15) is 127 Å². The largest absolute Gasteiger partial charge is 0.149 e. The zero-order chi connectivity index (χ0) is 18.9. The Bertz CT molecular complexity index is 385. The number of hydrogen-bond donors (Lipinski definition) is 0. The summed E-state index contributed by atoms with van der Waals surface area (Å²) in [7, 11) is 0. The van der Waals surface area contributed by atoms with Gasteiger partial charge >= 0.3 is 0 Å². The molecule has 1 aromatic rings. The van der Waals surface area contributed by atoms with Crippen molar-refractivity contribution in [1.82, 2.24) is 0 Å². The molecule has 0 saturated carbocycles. The molecule has 0 aliphatic heterocycles. The van der Waals surface area contributed by atoms with E-state index in [2.05, 4.69) is 47.3 Å². The first kappa shape index (κ1) is 24.2. The number of unbranched alkanes of at least 4 members (excludes halogenated alkanes) is 13. The summed E-state index contributed by atoms with van der Waals surface area (Å²) < 4.78 is 0. The number of thiophene rings is 1. The normalized spacial score (nSPS) is 13.8. The first-order valence-corrected chi connectivity index (χ1v) is 13.2. The molecule has 0 N–H and O–H groups in total. The van der Waals surface area contributed by atoms with E-state index in [0.29, 0.717) is 4.83 Å². The van der Waals surface area contributed by atoms with Crippen molar-refractivity contribution in [3.05, 3.63) is 22.4 Å². The molecule has 0 amide bonds. The Morgan fingerprint density at radius 3 is 1.73 bits per heavy atom. The minimum absolute atomic E-state index is 0.626. The first-order chi connectivity index (χ1) is 12.7. The lowest BCUT2D eigenvalue weighted by atomic mass is 9.94. The van der Waals surface area contributed by atoms with Crippen LogP contribution in [0.2, 0.25) is 0 Å². The van der Waals surface area contributed by atoms with Crippen molar-refractivity contribution in [1.29, 1.82) is 0 Å². The molecule has 26 heavy (non-hydrogen) atoms. The van der Waals surface area contributed by atoms with Crippen LogP contribution in [0.3, 0.4) is 0 Å². The van der Waals surface area contributed by atoms with Gasteiger partial charge in [0.05, 0.1) is 0 Å². The summed E-state index contributed by atoms with van der Waals surface area (Å²) in [4.78, 5) is 2.22. The molecule has 0 fully saturated rings. The lowest BCUT2D eigenvalue weighted by Gasteiger charge is -2.17. The quantitative estimate of drug-likeness (QED) is 0.156. The highest BCUT2D eigenvalue weighted by molar-refractivity contribution is 9.09. The third kappa shape index (κ3) is 13.4. The van der Waals surface area contributed by atoms with Gasteiger partial charge in [0.25, 0.3) is 0 Å². The number of rotatable bonds is 18. The lowest BCUT2D eigenvalue weighted by molar-refractivity contribution is 0.508. The topological polar surface area (TPSA) is 0 Å². The van der Waals surface area contributed by atoms with E-state index in [1.165, 1.54) is 103 Å². The molecule has 1 heterocycles. The maximum absolute atomic E-state index is 3.75. The molecular formula is C24H43BrS. The van der Waals surface area contributed by atoms with E-state index in [0.717, 1.165) is 5.92 Å². The van der Waals surface area contributed by atoms with Crippen molar-refractivity contribution < 1.29 is 0 Å². The van der Waals surface area contributed by atoms with Gasteiger partial charge in [0.15, 0.2) is 0 Å². The van der Waals surface area contributed by atoms with Crippen LogP contribution in [0.15, 0.2) is 17.5 Å². The average Bonchev–Trinajstić information content (AvgIpc) is 3.15. The Kier molecular flexibility index (Phi) is 16.1. The predicted octanol–water partition coefficient (Wildman–Crippen LogP) is 9.88. The molecule has 0 spiro atoms. The van der Waals surface area contributed by atoms with Crippen LogP contribution in [0.25, 0.3) is 0 Å². The Hall–Kier alpha value is 0.180. The minimum atomic E-state index is 0.626. The van der Waals surface area contributed by atoms with Crippen LogP contribution in [-0.4, -0.2) is 4.83 Å². The zero-order valence-electron chi connectivity index (χ0n) is 17.5. The van der Waals surface area contributed by atoms with Crippen LogP contribution in [-0.2, 0) is 0 Å². The molecule has 0 saturated heterocycles.